The lowest BCUT2D eigenvalue weighted by molar-refractivity contribution is 0.577. The van der Waals surface area contributed by atoms with Crippen LogP contribution in [0, 0.1) is 0 Å². The number of aliphatic imine (C=N–C) groups is 1. The SMILES string of the molecule is NC1=NC(c2ccc(N3CCCCC3)cc2)n2c(nc3ccccc32)N1. The number of piperidine rings is 1. The Morgan fingerprint density at radius 3 is 2.54 bits per heavy atom. The average Bonchev–Trinajstić information content (AvgIpc) is 3.06. The molecule has 5 rings (SSSR count). The van der Waals surface area contributed by atoms with Crippen LogP contribution in [0.3, 0.4) is 0 Å². The topological polar surface area (TPSA) is 71.5 Å². The fraction of sp³-hybridized carbons (Fsp3) is 0.300. The van der Waals surface area contributed by atoms with E-state index in [2.05, 4.69) is 55.1 Å². The number of para-hydroxylation sites is 2. The highest BCUT2D eigenvalue weighted by atomic mass is 15.4. The van der Waals surface area contributed by atoms with Crippen molar-refractivity contribution in [3.8, 4) is 0 Å². The molecule has 2 aliphatic heterocycles. The molecule has 1 saturated heterocycles. The summed E-state index contributed by atoms with van der Waals surface area (Å²) in [5, 5.41) is 3.08. The first kappa shape index (κ1) is 15.3. The number of nitrogens with zero attached hydrogens (tertiary/aromatic N) is 4. The van der Waals surface area contributed by atoms with E-state index in [1.54, 1.807) is 0 Å². The van der Waals surface area contributed by atoms with Gasteiger partial charge in [-0.05, 0) is 49.1 Å². The second-order valence-corrected chi connectivity index (χ2v) is 6.95. The molecule has 0 spiro atoms. The first-order valence-corrected chi connectivity index (χ1v) is 9.22. The van der Waals surface area contributed by atoms with Gasteiger partial charge in [0, 0.05) is 18.8 Å². The van der Waals surface area contributed by atoms with Gasteiger partial charge in [-0.3, -0.25) is 9.88 Å². The number of benzene rings is 2. The predicted octanol–water partition coefficient (Wildman–Crippen LogP) is 3.31. The van der Waals surface area contributed by atoms with Gasteiger partial charge < -0.3 is 10.6 Å². The van der Waals surface area contributed by atoms with Crippen molar-refractivity contribution in [3.63, 3.8) is 0 Å². The Morgan fingerprint density at radius 2 is 1.73 bits per heavy atom. The van der Waals surface area contributed by atoms with Crippen LogP contribution in [0.25, 0.3) is 11.0 Å². The van der Waals surface area contributed by atoms with Crippen molar-refractivity contribution in [2.75, 3.05) is 23.3 Å². The second-order valence-electron chi connectivity index (χ2n) is 6.95. The van der Waals surface area contributed by atoms with Crippen molar-refractivity contribution in [1.82, 2.24) is 9.55 Å². The minimum Gasteiger partial charge on any atom is -0.372 e. The van der Waals surface area contributed by atoms with Crippen LogP contribution in [0.2, 0.25) is 0 Å². The molecule has 6 heteroatoms. The Hall–Kier alpha value is -3.02. The van der Waals surface area contributed by atoms with Crippen LogP contribution in [0.1, 0.15) is 31.0 Å². The maximum atomic E-state index is 6.02. The lowest BCUT2D eigenvalue weighted by atomic mass is 10.1. The molecule has 3 N–H and O–H groups in total. The number of nitrogens with two attached hydrogens (primary N) is 1. The highest BCUT2D eigenvalue weighted by Crippen LogP contribution is 2.33. The van der Waals surface area contributed by atoms with Crippen molar-refractivity contribution in [3.05, 3.63) is 54.1 Å². The summed E-state index contributed by atoms with van der Waals surface area (Å²) in [7, 11) is 0. The third kappa shape index (κ3) is 2.49. The number of guanidine groups is 1. The van der Waals surface area contributed by atoms with Crippen LogP contribution in [0.15, 0.2) is 53.5 Å². The van der Waals surface area contributed by atoms with Crippen LogP contribution in [0.4, 0.5) is 11.6 Å². The summed E-state index contributed by atoms with van der Waals surface area (Å²) in [5.74, 6) is 1.14. The lowest BCUT2D eigenvalue weighted by Gasteiger charge is -2.29. The summed E-state index contributed by atoms with van der Waals surface area (Å²) in [5.41, 5.74) is 10.4. The molecule has 3 heterocycles. The molecule has 0 aliphatic carbocycles. The maximum Gasteiger partial charge on any atom is 0.212 e. The van der Waals surface area contributed by atoms with Crippen molar-refractivity contribution in [2.45, 2.75) is 25.4 Å². The van der Waals surface area contributed by atoms with Gasteiger partial charge in [0.05, 0.1) is 11.0 Å². The summed E-state index contributed by atoms with van der Waals surface area (Å²) in [6.07, 6.45) is 3.70. The number of fused-ring (bicyclic) bond motifs is 3. The molecule has 2 aromatic carbocycles. The van der Waals surface area contributed by atoms with E-state index in [-0.39, 0.29) is 6.17 Å². The number of hydrogen-bond donors (Lipinski definition) is 2. The highest BCUT2D eigenvalue weighted by molar-refractivity contribution is 5.94. The summed E-state index contributed by atoms with van der Waals surface area (Å²) in [6, 6.07) is 16.8. The zero-order valence-electron chi connectivity index (χ0n) is 14.6. The molecule has 26 heavy (non-hydrogen) atoms. The van der Waals surface area contributed by atoms with Crippen LogP contribution in [0.5, 0.6) is 0 Å². The van der Waals surface area contributed by atoms with Gasteiger partial charge in [0.1, 0.15) is 0 Å². The van der Waals surface area contributed by atoms with E-state index in [9.17, 15) is 0 Å². The molecule has 0 radical (unpaired) electrons. The Morgan fingerprint density at radius 1 is 0.962 bits per heavy atom. The summed E-state index contributed by atoms with van der Waals surface area (Å²) in [4.78, 5) is 11.8. The van der Waals surface area contributed by atoms with Gasteiger partial charge in [0.15, 0.2) is 12.1 Å². The number of nitrogens with one attached hydrogen (secondary N) is 1. The van der Waals surface area contributed by atoms with Crippen LogP contribution >= 0.6 is 0 Å². The molecule has 1 atom stereocenters. The van der Waals surface area contributed by atoms with E-state index in [0.717, 1.165) is 35.6 Å². The Kier molecular flexibility index (Phi) is 3.55. The van der Waals surface area contributed by atoms with Gasteiger partial charge in [-0.15, -0.1) is 0 Å². The molecule has 0 saturated carbocycles. The van der Waals surface area contributed by atoms with Crippen LogP contribution < -0.4 is 16.0 Å². The first-order valence-electron chi connectivity index (χ1n) is 9.22. The summed E-state index contributed by atoms with van der Waals surface area (Å²) < 4.78 is 2.11. The lowest BCUT2D eigenvalue weighted by Crippen LogP contribution is -2.31. The fourth-order valence-electron chi connectivity index (χ4n) is 3.95. The van der Waals surface area contributed by atoms with Crippen LogP contribution in [-0.4, -0.2) is 28.6 Å². The van der Waals surface area contributed by atoms with Crippen molar-refractivity contribution >= 4 is 28.6 Å². The van der Waals surface area contributed by atoms with Gasteiger partial charge >= 0.3 is 0 Å². The third-order valence-electron chi connectivity index (χ3n) is 5.25. The molecule has 2 aliphatic rings. The zero-order valence-corrected chi connectivity index (χ0v) is 14.6. The molecule has 0 amide bonds. The fourth-order valence-corrected chi connectivity index (χ4v) is 3.95. The number of anilines is 2. The third-order valence-corrected chi connectivity index (χ3v) is 5.25. The molecule has 3 aromatic rings. The molecule has 6 nitrogen and oxygen atoms in total. The standard InChI is InChI=1S/C20H22N6/c21-19-23-18(26-17-7-3-2-6-16(17)22-20(26)24-19)14-8-10-15(11-9-14)25-12-4-1-5-13-25/h2-3,6-11,18H,1,4-5,12-13H2,(H3,21,22,23,24). The second kappa shape index (κ2) is 6.05. The van der Waals surface area contributed by atoms with E-state index < -0.39 is 0 Å². The van der Waals surface area contributed by atoms with Gasteiger partial charge in [-0.1, -0.05) is 24.3 Å². The summed E-state index contributed by atoms with van der Waals surface area (Å²) in [6.45, 7) is 2.29. The number of hydrogen-bond acceptors (Lipinski definition) is 5. The minimum atomic E-state index is -0.200. The zero-order chi connectivity index (χ0) is 17.5. The molecule has 1 fully saturated rings. The molecular weight excluding hydrogens is 324 g/mol. The molecule has 0 bridgehead atoms. The minimum absolute atomic E-state index is 0.200. The van der Waals surface area contributed by atoms with E-state index in [1.165, 1.54) is 24.9 Å². The average molecular weight is 346 g/mol. The van der Waals surface area contributed by atoms with Gasteiger partial charge in [-0.2, -0.15) is 0 Å². The molecule has 1 unspecified atom stereocenters. The van der Waals surface area contributed by atoms with Gasteiger partial charge in [0.2, 0.25) is 5.95 Å². The summed E-state index contributed by atoms with van der Waals surface area (Å²) >= 11 is 0. The van der Waals surface area contributed by atoms with Gasteiger partial charge in [-0.25, -0.2) is 9.98 Å². The Balaban J connectivity index is 1.54. The normalized spacial score (nSPS) is 19.8. The largest absolute Gasteiger partial charge is 0.372 e. The van der Waals surface area contributed by atoms with E-state index in [4.69, 9.17) is 5.73 Å². The number of rotatable bonds is 2. The van der Waals surface area contributed by atoms with Crippen molar-refractivity contribution < 1.29 is 0 Å². The highest BCUT2D eigenvalue weighted by Gasteiger charge is 2.25. The van der Waals surface area contributed by atoms with Crippen LogP contribution in [-0.2, 0) is 0 Å². The van der Waals surface area contributed by atoms with E-state index in [1.807, 2.05) is 18.2 Å². The number of imidazole rings is 1. The monoisotopic (exact) mass is 346 g/mol. The van der Waals surface area contributed by atoms with Crippen molar-refractivity contribution in [1.29, 1.82) is 0 Å². The molecule has 132 valence electrons. The smallest absolute Gasteiger partial charge is 0.212 e. The molecule has 1 aromatic heterocycles. The first-order chi connectivity index (χ1) is 12.8. The molecular formula is C20H22N6. The number of aromatic nitrogens is 2. The van der Waals surface area contributed by atoms with Gasteiger partial charge in [0.25, 0.3) is 0 Å². The Labute approximate surface area is 152 Å². The quantitative estimate of drug-likeness (QED) is 0.747. The Bertz CT molecular complexity index is 966. The van der Waals surface area contributed by atoms with E-state index in [0.29, 0.717) is 5.96 Å². The van der Waals surface area contributed by atoms with Crippen molar-refractivity contribution in [2.24, 2.45) is 10.7 Å². The van der Waals surface area contributed by atoms with E-state index >= 15 is 0 Å². The predicted molar refractivity (Wildman–Crippen MR) is 106 cm³/mol. The maximum absolute atomic E-state index is 6.02.